The number of hydrogen-bond donors (Lipinski definition) is 0. The van der Waals surface area contributed by atoms with E-state index in [0.29, 0.717) is 35.8 Å². The largest absolute Gasteiger partial charge is 0.337 e. The minimum absolute atomic E-state index is 0.0103. The van der Waals surface area contributed by atoms with E-state index in [1.807, 2.05) is 11.0 Å². The Labute approximate surface area is 176 Å². The second-order valence-electron chi connectivity index (χ2n) is 7.72. The van der Waals surface area contributed by atoms with Gasteiger partial charge in [-0.2, -0.15) is 0 Å². The molecule has 0 radical (unpaired) electrons. The van der Waals surface area contributed by atoms with Crippen LogP contribution in [0.3, 0.4) is 0 Å². The summed E-state index contributed by atoms with van der Waals surface area (Å²) in [6.45, 7) is 4.84. The van der Waals surface area contributed by atoms with Gasteiger partial charge in [0.25, 0.3) is 5.91 Å². The highest BCUT2D eigenvalue weighted by Gasteiger charge is 2.26. The van der Waals surface area contributed by atoms with E-state index in [0.717, 1.165) is 39.0 Å². The molecule has 6 heteroatoms. The van der Waals surface area contributed by atoms with Crippen LogP contribution in [0.25, 0.3) is 0 Å². The van der Waals surface area contributed by atoms with Gasteiger partial charge in [-0.05, 0) is 36.6 Å². The van der Waals surface area contributed by atoms with E-state index in [1.165, 1.54) is 5.56 Å². The fourth-order valence-electron chi connectivity index (χ4n) is 4.11. The molecule has 2 aromatic rings. The molecule has 2 aliphatic heterocycles. The lowest BCUT2D eigenvalue weighted by Gasteiger charge is -2.23. The van der Waals surface area contributed by atoms with Crippen LogP contribution >= 0.6 is 11.6 Å². The first-order chi connectivity index (χ1) is 14.1. The Hall–Kier alpha value is -2.37. The van der Waals surface area contributed by atoms with E-state index in [1.54, 1.807) is 23.1 Å². The maximum Gasteiger partial charge on any atom is 0.253 e. The molecule has 5 nitrogen and oxygen atoms in total. The SMILES string of the molecule is O=C(c1ccc(Cl)c(N2CCCC2=O)c1)N1CCCN(Cc2ccccc2)CC1. The van der Waals surface area contributed by atoms with Gasteiger partial charge in [0.15, 0.2) is 0 Å². The molecular weight excluding hydrogens is 386 g/mol. The standard InChI is InChI=1S/C23H26ClN3O2/c24-20-10-9-19(16-21(20)27-13-4-8-22(27)28)23(29)26-12-5-11-25(14-15-26)17-18-6-2-1-3-7-18/h1-3,6-7,9-10,16H,4-5,8,11-15,17H2. The number of anilines is 1. The molecule has 2 amide bonds. The van der Waals surface area contributed by atoms with Crippen LogP contribution in [0.4, 0.5) is 5.69 Å². The summed E-state index contributed by atoms with van der Waals surface area (Å²) >= 11 is 6.33. The zero-order chi connectivity index (χ0) is 20.2. The normalized spacial score (nSPS) is 18.2. The van der Waals surface area contributed by atoms with Gasteiger partial charge in [0.1, 0.15) is 0 Å². The van der Waals surface area contributed by atoms with Crippen LogP contribution in [0, 0.1) is 0 Å². The highest BCUT2D eigenvalue weighted by molar-refractivity contribution is 6.34. The molecule has 2 aromatic carbocycles. The van der Waals surface area contributed by atoms with Crippen LogP contribution in [-0.2, 0) is 11.3 Å². The quantitative estimate of drug-likeness (QED) is 0.768. The third-order valence-corrected chi connectivity index (χ3v) is 6.00. The van der Waals surface area contributed by atoms with Gasteiger partial charge in [-0.1, -0.05) is 41.9 Å². The molecular formula is C23H26ClN3O2. The van der Waals surface area contributed by atoms with Crippen molar-refractivity contribution in [2.75, 3.05) is 37.6 Å². The molecule has 29 heavy (non-hydrogen) atoms. The first-order valence-electron chi connectivity index (χ1n) is 10.3. The van der Waals surface area contributed by atoms with Crippen molar-refractivity contribution in [1.29, 1.82) is 0 Å². The topological polar surface area (TPSA) is 43.9 Å². The van der Waals surface area contributed by atoms with Crippen molar-refractivity contribution < 1.29 is 9.59 Å². The lowest BCUT2D eigenvalue weighted by atomic mass is 10.1. The van der Waals surface area contributed by atoms with Crippen molar-refractivity contribution in [2.24, 2.45) is 0 Å². The molecule has 0 unspecified atom stereocenters. The lowest BCUT2D eigenvalue weighted by molar-refractivity contribution is -0.117. The molecule has 152 valence electrons. The van der Waals surface area contributed by atoms with Crippen LogP contribution in [0.5, 0.6) is 0 Å². The fraction of sp³-hybridized carbons (Fsp3) is 0.391. The Kier molecular flexibility index (Phi) is 6.16. The minimum Gasteiger partial charge on any atom is -0.337 e. The van der Waals surface area contributed by atoms with E-state index in [9.17, 15) is 9.59 Å². The molecule has 2 fully saturated rings. The number of rotatable bonds is 4. The summed E-state index contributed by atoms with van der Waals surface area (Å²) in [7, 11) is 0. The maximum absolute atomic E-state index is 13.1. The second-order valence-corrected chi connectivity index (χ2v) is 8.13. The van der Waals surface area contributed by atoms with Crippen LogP contribution in [0.2, 0.25) is 5.02 Å². The first-order valence-corrected chi connectivity index (χ1v) is 10.6. The summed E-state index contributed by atoms with van der Waals surface area (Å²) in [6.07, 6.45) is 2.32. The third kappa shape index (κ3) is 4.62. The molecule has 2 aliphatic rings. The van der Waals surface area contributed by atoms with E-state index >= 15 is 0 Å². The molecule has 2 heterocycles. The summed E-state index contributed by atoms with van der Waals surface area (Å²) in [4.78, 5) is 31.3. The molecule has 0 N–H and O–H groups in total. The minimum atomic E-state index is 0.0103. The van der Waals surface area contributed by atoms with Crippen LogP contribution < -0.4 is 4.90 Å². The Bertz CT molecular complexity index is 887. The summed E-state index contributed by atoms with van der Waals surface area (Å²) in [5.74, 6) is 0.0824. The summed E-state index contributed by atoms with van der Waals surface area (Å²) in [6, 6.07) is 15.7. The van der Waals surface area contributed by atoms with Crippen LogP contribution in [0.1, 0.15) is 35.2 Å². The number of carbonyl (C=O) groups is 2. The zero-order valence-corrected chi connectivity index (χ0v) is 17.3. The van der Waals surface area contributed by atoms with Gasteiger partial charge in [0.2, 0.25) is 5.91 Å². The summed E-state index contributed by atoms with van der Waals surface area (Å²) < 4.78 is 0. The number of hydrogen-bond acceptors (Lipinski definition) is 3. The second kappa shape index (κ2) is 8.97. The fourth-order valence-corrected chi connectivity index (χ4v) is 4.33. The number of nitrogens with zero attached hydrogens (tertiary/aromatic N) is 3. The Morgan fingerprint density at radius 1 is 0.931 bits per heavy atom. The Morgan fingerprint density at radius 3 is 2.52 bits per heavy atom. The van der Waals surface area contributed by atoms with Crippen LogP contribution in [0.15, 0.2) is 48.5 Å². The average molecular weight is 412 g/mol. The van der Waals surface area contributed by atoms with Crippen molar-refractivity contribution in [3.05, 3.63) is 64.7 Å². The van der Waals surface area contributed by atoms with E-state index in [-0.39, 0.29) is 11.8 Å². The highest BCUT2D eigenvalue weighted by atomic mass is 35.5. The monoisotopic (exact) mass is 411 g/mol. The van der Waals surface area contributed by atoms with Gasteiger partial charge in [0.05, 0.1) is 10.7 Å². The molecule has 0 spiro atoms. The Balaban J connectivity index is 1.44. The third-order valence-electron chi connectivity index (χ3n) is 5.68. The predicted molar refractivity (Wildman–Crippen MR) is 115 cm³/mol. The van der Waals surface area contributed by atoms with Gasteiger partial charge in [0, 0.05) is 51.3 Å². The Morgan fingerprint density at radius 2 is 1.76 bits per heavy atom. The summed E-state index contributed by atoms with van der Waals surface area (Å²) in [5, 5.41) is 0.515. The maximum atomic E-state index is 13.1. The first kappa shape index (κ1) is 19.9. The van der Waals surface area contributed by atoms with Crippen molar-refractivity contribution in [3.63, 3.8) is 0 Å². The smallest absolute Gasteiger partial charge is 0.253 e. The number of carbonyl (C=O) groups excluding carboxylic acids is 2. The molecule has 0 aromatic heterocycles. The molecule has 0 bridgehead atoms. The van der Waals surface area contributed by atoms with Gasteiger partial charge >= 0.3 is 0 Å². The van der Waals surface area contributed by atoms with Crippen molar-refractivity contribution in [1.82, 2.24) is 9.80 Å². The molecule has 0 aliphatic carbocycles. The van der Waals surface area contributed by atoms with E-state index in [4.69, 9.17) is 11.6 Å². The average Bonchev–Trinajstić information content (AvgIpc) is 3.02. The van der Waals surface area contributed by atoms with Crippen molar-refractivity contribution in [3.8, 4) is 0 Å². The molecule has 0 atom stereocenters. The van der Waals surface area contributed by atoms with Crippen LogP contribution in [-0.4, -0.2) is 54.3 Å². The summed E-state index contributed by atoms with van der Waals surface area (Å²) in [5.41, 5.74) is 2.55. The number of amides is 2. The highest BCUT2D eigenvalue weighted by Crippen LogP contribution is 2.31. The number of benzene rings is 2. The lowest BCUT2D eigenvalue weighted by Crippen LogP contribution is -2.35. The molecule has 0 saturated carbocycles. The number of halogens is 1. The van der Waals surface area contributed by atoms with Gasteiger partial charge in [-0.3, -0.25) is 14.5 Å². The van der Waals surface area contributed by atoms with Gasteiger partial charge in [-0.25, -0.2) is 0 Å². The van der Waals surface area contributed by atoms with Crippen molar-refractivity contribution >= 4 is 29.1 Å². The van der Waals surface area contributed by atoms with Gasteiger partial charge in [-0.15, -0.1) is 0 Å². The predicted octanol–water partition coefficient (Wildman–Crippen LogP) is 3.81. The zero-order valence-electron chi connectivity index (χ0n) is 16.5. The molecule has 4 rings (SSSR count). The van der Waals surface area contributed by atoms with E-state index < -0.39 is 0 Å². The molecule has 2 saturated heterocycles. The van der Waals surface area contributed by atoms with E-state index in [2.05, 4.69) is 29.2 Å². The van der Waals surface area contributed by atoms with Crippen molar-refractivity contribution in [2.45, 2.75) is 25.8 Å². The van der Waals surface area contributed by atoms with Gasteiger partial charge < -0.3 is 9.80 Å².